The molecule has 286 valence electrons. The van der Waals surface area contributed by atoms with Crippen molar-refractivity contribution in [2.45, 2.75) is 37.8 Å². The van der Waals surface area contributed by atoms with Gasteiger partial charge in [-0.05, 0) is 43.9 Å². The lowest BCUT2D eigenvalue weighted by Gasteiger charge is -2.28. The number of nitrogens with one attached hydrogen (secondary N) is 2. The van der Waals surface area contributed by atoms with Gasteiger partial charge in [-0.1, -0.05) is 53.5 Å². The molecule has 0 saturated carbocycles. The predicted molar refractivity (Wildman–Crippen MR) is 212 cm³/mol. The van der Waals surface area contributed by atoms with Crippen LogP contribution in [0.5, 0.6) is 5.88 Å². The molecule has 1 spiro atoms. The third-order valence-electron chi connectivity index (χ3n) is 11.1. The Labute approximate surface area is 327 Å². The molecule has 14 nitrogen and oxygen atoms in total. The summed E-state index contributed by atoms with van der Waals surface area (Å²) < 4.78 is 13.5. The molecular weight excluding hydrogens is 745 g/mol. The number of carbonyl (C=O) groups excluding carboxylic acids is 1. The summed E-state index contributed by atoms with van der Waals surface area (Å²) >= 11 is 14.3. The average Bonchev–Trinajstić information content (AvgIpc) is 3.88. The third kappa shape index (κ3) is 6.30. The quantitative estimate of drug-likeness (QED) is 0.204. The fourth-order valence-corrected chi connectivity index (χ4v) is 8.97. The largest absolute Gasteiger partial charge is 0.481 e. The summed E-state index contributed by atoms with van der Waals surface area (Å²) in [5, 5.41) is 7.49. The lowest BCUT2D eigenvalue weighted by Crippen LogP contribution is -2.46. The minimum atomic E-state index is -0.524. The normalized spacial score (nSPS) is 19.4. The van der Waals surface area contributed by atoms with Gasteiger partial charge in [0.1, 0.15) is 17.0 Å². The van der Waals surface area contributed by atoms with Crippen molar-refractivity contribution in [2.24, 2.45) is 14.1 Å². The van der Waals surface area contributed by atoms with Crippen LogP contribution in [0.25, 0.3) is 33.4 Å². The van der Waals surface area contributed by atoms with Gasteiger partial charge in [-0.3, -0.25) is 18.8 Å². The monoisotopic (exact) mass is 785 g/mol. The highest BCUT2D eigenvalue weighted by Gasteiger charge is 2.49. The second-order valence-electron chi connectivity index (χ2n) is 14.5. The second-order valence-corrected chi connectivity index (χ2v) is 15.2. The summed E-state index contributed by atoms with van der Waals surface area (Å²) in [5.74, 6) is 1.17. The number of hydrogen-bond donors (Lipinski definition) is 2. The van der Waals surface area contributed by atoms with E-state index >= 15 is 0 Å². The molecule has 3 aliphatic rings. The van der Waals surface area contributed by atoms with Crippen LogP contribution in [0.15, 0.2) is 52.1 Å². The van der Waals surface area contributed by atoms with Crippen LogP contribution in [0.1, 0.15) is 35.8 Å². The summed E-state index contributed by atoms with van der Waals surface area (Å²) in [6.45, 7) is 5.05. The van der Waals surface area contributed by atoms with Crippen LogP contribution in [-0.4, -0.2) is 92.5 Å². The number of rotatable bonds is 9. The maximum atomic E-state index is 13.3. The number of carbonyl (C=O) groups is 1. The molecule has 2 N–H and O–H groups in total. The number of halogens is 2. The summed E-state index contributed by atoms with van der Waals surface area (Å²) in [6, 6.07) is 13.4. The Hall–Kier alpha value is -5.02. The van der Waals surface area contributed by atoms with Gasteiger partial charge in [-0.15, -0.1) is 0 Å². The number of amides is 2. The lowest BCUT2D eigenvalue weighted by atomic mass is 9.99. The Balaban J connectivity index is 1.10. The zero-order valence-corrected chi connectivity index (χ0v) is 32.7. The van der Waals surface area contributed by atoms with Crippen molar-refractivity contribution in [3.63, 3.8) is 0 Å². The number of hydrogen-bond acceptors (Lipinski definition) is 10. The Morgan fingerprint density at radius 2 is 1.71 bits per heavy atom. The number of aromatic nitrogens is 5. The van der Waals surface area contributed by atoms with Gasteiger partial charge in [-0.25, -0.2) is 24.5 Å². The molecular formula is C39H41Cl2N9O5. The van der Waals surface area contributed by atoms with Crippen LogP contribution in [0.4, 0.5) is 16.3 Å². The van der Waals surface area contributed by atoms with Crippen molar-refractivity contribution >= 4 is 51.8 Å². The smallest absolute Gasteiger partial charge is 0.332 e. The van der Waals surface area contributed by atoms with E-state index in [0.29, 0.717) is 64.0 Å². The summed E-state index contributed by atoms with van der Waals surface area (Å²) in [6.07, 6.45) is 2.65. The van der Waals surface area contributed by atoms with Crippen LogP contribution < -0.4 is 26.6 Å². The Bertz CT molecular complexity index is 2510. The number of ether oxygens (including phenoxy) is 2. The molecule has 2 aromatic carbocycles. The molecule has 16 heteroatoms. The number of benzene rings is 2. The first-order valence-corrected chi connectivity index (χ1v) is 18.9. The molecule has 55 heavy (non-hydrogen) atoms. The molecule has 3 aromatic heterocycles. The summed E-state index contributed by atoms with van der Waals surface area (Å²) in [5.41, 5.74) is 4.41. The minimum Gasteiger partial charge on any atom is -0.481 e. The van der Waals surface area contributed by atoms with Crippen molar-refractivity contribution in [1.29, 1.82) is 0 Å². The molecule has 2 aliphatic heterocycles. The molecule has 5 heterocycles. The number of nitrogens with zero attached hydrogens (tertiary/aromatic N) is 7. The average molecular weight is 787 g/mol. The predicted octanol–water partition coefficient (Wildman–Crippen LogP) is 5.23. The van der Waals surface area contributed by atoms with Crippen molar-refractivity contribution < 1.29 is 14.3 Å². The van der Waals surface area contributed by atoms with E-state index < -0.39 is 11.2 Å². The number of urea groups is 1. The van der Waals surface area contributed by atoms with Gasteiger partial charge in [0.05, 0.1) is 40.7 Å². The van der Waals surface area contributed by atoms with Crippen LogP contribution in [0.3, 0.4) is 0 Å². The van der Waals surface area contributed by atoms with Crippen LogP contribution in [-0.2, 0) is 25.3 Å². The van der Waals surface area contributed by atoms with Gasteiger partial charge < -0.3 is 25.0 Å². The summed E-state index contributed by atoms with van der Waals surface area (Å²) in [4.78, 5) is 56.9. The van der Waals surface area contributed by atoms with E-state index in [1.165, 1.54) is 11.6 Å². The molecule has 0 bridgehead atoms. The molecule has 2 amide bonds. The molecule has 0 radical (unpaired) electrons. The molecule has 2 atom stereocenters. The maximum absolute atomic E-state index is 13.3. The highest BCUT2D eigenvalue weighted by atomic mass is 35.5. The highest BCUT2D eigenvalue weighted by molar-refractivity contribution is 6.39. The van der Waals surface area contributed by atoms with E-state index in [4.69, 9.17) is 37.7 Å². The van der Waals surface area contributed by atoms with Crippen molar-refractivity contribution in [3.05, 3.63) is 90.3 Å². The zero-order chi connectivity index (χ0) is 38.8. The van der Waals surface area contributed by atoms with Gasteiger partial charge in [0.15, 0.2) is 5.65 Å². The second kappa shape index (κ2) is 14.2. The number of fused-ring (bicyclic) bond motifs is 2. The Morgan fingerprint density at radius 3 is 2.47 bits per heavy atom. The van der Waals surface area contributed by atoms with E-state index in [1.807, 2.05) is 35.2 Å². The number of pyridine rings is 1. The van der Waals surface area contributed by atoms with Crippen molar-refractivity contribution in [3.8, 4) is 28.3 Å². The van der Waals surface area contributed by atoms with Crippen LogP contribution in [0.2, 0.25) is 10.0 Å². The van der Waals surface area contributed by atoms with Crippen LogP contribution in [0, 0.1) is 6.92 Å². The topological polar surface area (TPSA) is 149 Å². The van der Waals surface area contributed by atoms with Crippen molar-refractivity contribution in [1.82, 2.24) is 39.2 Å². The number of methoxy groups -OCH3 is 2. The van der Waals surface area contributed by atoms with E-state index in [0.717, 1.165) is 53.6 Å². The molecule has 2 fully saturated rings. The first-order chi connectivity index (χ1) is 26.4. The summed E-state index contributed by atoms with van der Waals surface area (Å²) in [7, 11) is 6.27. The van der Waals surface area contributed by atoms with Crippen LogP contribution >= 0.6 is 23.2 Å². The van der Waals surface area contributed by atoms with E-state index in [1.54, 1.807) is 34.3 Å². The van der Waals surface area contributed by atoms with Gasteiger partial charge in [0.2, 0.25) is 5.88 Å². The Morgan fingerprint density at radius 1 is 0.964 bits per heavy atom. The standard InChI is InChI=1S/C39H41Cl2N9O5/c1-21-42-33(30-34(43-21)47(2)38(53)48(3)36(30)51)44-26-11-7-9-24(32(26)41)23-8-6-10-25(31(23)40)27-18-22-12-13-28(29(22)35(45-27)55-5)49-15-14-39(19-49)20-50(16-17-54-4)37(52)46-39/h6-11,18,28H,12-17,19-20H2,1-5H3,(H,46,52)(H,42,43,44)/t28-,39-/m0/s1. The van der Waals surface area contributed by atoms with Gasteiger partial charge >= 0.3 is 11.7 Å². The highest BCUT2D eigenvalue weighted by Crippen LogP contribution is 2.47. The third-order valence-corrected chi connectivity index (χ3v) is 11.9. The van der Waals surface area contributed by atoms with Gasteiger partial charge in [-0.2, -0.15) is 0 Å². The number of aryl methyl sites for hydroxylation is 3. The first kappa shape index (κ1) is 36.9. The molecule has 0 unspecified atom stereocenters. The lowest BCUT2D eigenvalue weighted by molar-refractivity contribution is 0.158. The molecule has 8 rings (SSSR count). The Kier molecular flexibility index (Phi) is 9.56. The molecule has 1 aliphatic carbocycles. The van der Waals surface area contributed by atoms with Crippen molar-refractivity contribution in [2.75, 3.05) is 52.3 Å². The van der Waals surface area contributed by atoms with E-state index in [9.17, 15) is 14.4 Å². The van der Waals surface area contributed by atoms with E-state index in [-0.39, 0.29) is 34.5 Å². The SMILES string of the molecule is COCCN1C[C@@]2(CCN([C@H]3CCc4cc(-c5cccc(-c6cccc(Nc7nc(C)nc8c7c(=O)n(C)c(=O)n8C)c6Cl)c5Cl)nc(OC)c43)C2)NC1=O. The molecule has 2 saturated heterocycles. The fraction of sp³-hybridized carbons (Fsp3) is 0.385. The number of anilines is 2. The number of likely N-dealkylation sites (tertiary alicyclic amines) is 1. The van der Waals surface area contributed by atoms with Gasteiger partial charge in [0, 0.05) is 75.7 Å². The maximum Gasteiger partial charge on any atom is 0.332 e. The van der Waals surface area contributed by atoms with Gasteiger partial charge in [0.25, 0.3) is 5.56 Å². The molecule has 5 aromatic rings. The first-order valence-electron chi connectivity index (χ1n) is 18.1. The minimum absolute atomic E-state index is 0.0336. The fourth-order valence-electron chi connectivity index (χ4n) is 8.37. The van der Waals surface area contributed by atoms with E-state index in [2.05, 4.69) is 31.6 Å². The zero-order valence-electron chi connectivity index (χ0n) is 31.2.